The average Bonchev–Trinajstić information content (AvgIpc) is 3.17. The van der Waals surface area contributed by atoms with Gasteiger partial charge in [-0.15, -0.1) is 11.3 Å². The highest BCUT2D eigenvalue weighted by Crippen LogP contribution is 2.36. The third-order valence-corrected chi connectivity index (χ3v) is 5.84. The summed E-state index contributed by atoms with van der Waals surface area (Å²) in [6.45, 7) is 2.01. The molecule has 0 spiro atoms. The van der Waals surface area contributed by atoms with Crippen LogP contribution in [0.1, 0.15) is 22.8 Å². The molecule has 0 unspecified atom stereocenters. The number of halogens is 1. The van der Waals surface area contributed by atoms with Crippen molar-refractivity contribution in [3.63, 3.8) is 0 Å². The lowest BCUT2D eigenvalue weighted by Gasteiger charge is -2.04. The van der Waals surface area contributed by atoms with Crippen LogP contribution in [0.5, 0.6) is 5.75 Å². The summed E-state index contributed by atoms with van der Waals surface area (Å²) in [6, 6.07) is 16.9. The summed E-state index contributed by atoms with van der Waals surface area (Å²) in [7, 11) is 1.59. The van der Waals surface area contributed by atoms with Crippen LogP contribution >= 0.6 is 27.3 Å². The van der Waals surface area contributed by atoms with Gasteiger partial charge in [0.25, 0.3) is 0 Å². The van der Waals surface area contributed by atoms with Crippen LogP contribution in [-0.2, 0) is 9.53 Å². The number of ether oxygens (including phenoxy) is 2. The maximum atomic E-state index is 12.5. The number of nitrogens with one attached hydrogen (secondary N) is 1. The first-order valence-electron chi connectivity index (χ1n) is 9.20. The minimum absolute atomic E-state index is 0.259. The van der Waals surface area contributed by atoms with Gasteiger partial charge >= 0.3 is 5.97 Å². The Morgan fingerprint density at radius 3 is 2.57 bits per heavy atom. The lowest BCUT2D eigenvalue weighted by atomic mass is 10.1. The first kappa shape index (κ1) is 21.8. The van der Waals surface area contributed by atoms with Crippen molar-refractivity contribution in [1.29, 1.82) is 0 Å². The zero-order chi connectivity index (χ0) is 21.5. The van der Waals surface area contributed by atoms with Crippen molar-refractivity contribution < 1.29 is 19.1 Å². The molecule has 0 aliphatic heterocycles. The molecule has 0 aliphatic carbocycles. The molecule has 0 fully saturated rings. The van der Waals surface area contributed by atoms with Crippen molar-refractivity contribution in [3.8, 4) is 16.2 Å². The van der Waals surface area contributed by atoms with Crippen molar-refractivity contribution in [2.45, 2.75) is 6.92 Å². The quantitative estimate of drug-likeness (QED) is 0.328. The van der Waals surface area contributed by atoms with Crippen molar-refractivity contribution in [1.82, 2.24) is 0 Å². The minimum Gasteiger partial charge on any atom is -0.496 e. The van der Waals surface area contributed by atoms with Gasteiger partial charge in [0, 0.05) is 11.0 Å². The molecular formula is C23H20BrNO4S. The van der Waals surface area contributed by atoms with E-state index < -0.39 is 5.97 Å². The highest BCUT2D eigenvalue weighted by Gasteiger charge is 2.19. The second-order valence-corrected chi connectivity index (χ2v) is 8.06. The number of hydrogen-bond acceptors (Lipinski definition) is 5. The van der Waals surface area contributed by atoms with Crippen LogP contribution < -0.4 is 10.1 Å². The van der Waals surface area contributed by atoms with Crippen LogP contribution in [0.2, 0.25) is 0 Å². The fraction of sp³-hybridized carbons (Fsp3) is 0.130. The molecule has 5 nitrogen and oxygen atoms in total. The summed E-state index contributed by atoms with van der Waals surface area (Å²) in [5, 5.41) is 3.26. The van der Waals surface area contributed by atoms with E-state index in [0.29, 0.717) is 16.3 Å². The molecule has 2 aromatic carbocycles. The van der Waals surface area contributed by atoms with E-state index in [1.54, 1.807) is 26.2 Å². The van der Waals surface area contributed by atoms with Crippen LogP contribution in [0, 0.1) is 0 Å². The molecule has 0 saturated carbocycles. The topological polar surface area (TPSA) is 64.6 Å². The molecule has 0 radical (unpaired) electrons. The second kappa shape index (κ2) is 10.2. The van der Waals surface area contributed by atoms with Gasteiger partial charge in [-0.1, -0.05) is 36.4 Å². The number of esters is 1. The van der Waals surface area contributed by atoms with E-state index in [1.165, 1.54) is 17.4 Å². The van der Waals surface area contributed by atoms with E-state index in [-0.39, 0.29) is 12.5 Å². The predicted molar refractivity (Wildman–Crippen MR) is 124 cm³/mol. The SMILES string of the molecule is CCOC(=O)c1cc(-c2ccccc2)sc1NC(=O)C=Cc1ccc(OC)c(Br)c1. The lowest BCUT2D eigenvalue weighted by Crippen LogP contribution is -2.11. The Kier molecular flexibility index (Phi) is 7.43. The Bertz CT molecular complexity index is 1080. The van der Waals surface area contributed by atoms with Crippen molar-refractivity contribution in [2.24, 2.45) is 0 Å². The fourth-order valence-electron chi connectivity index (χ4n) is 2.70. The van der Waals surface area contributed by atoms with Gasteiger partial charge in [-0.2, -0.15) is 0 Å². The Labute approximate surface area is 187 Å². The van der Waals surface area contributed by atoms with Gasteiger partial charge in [-0.3, -0.25) is 4.79 Å². The Morgan fingerprint density at radius 1 is 1.13 bits per heavy atom. The average molecular weight is 486 g/mol. The van der Waals surface area contributed by atoms with E-state index in [4.69, 9.17) is 9.47 Å². The molecule has 0 saturated heterocycles. The molecule has 7 heteroatoms. The second-order valence-electron chi connectivity index (χ2n) is 6.16. The largest absolute Gasteiger partial charge is 0.496 e. The van der Waals surface area contributed by atoms with Crippen molar-refractivity contribution in [2.75, 3.05) is 19.0 Å². The van der Waals surface area contributed by atoms with E-state index >= 15 is 0 Å². The molecule has 1 aromatic heterocycles. The van der Waals surface area contributed by atoms with Crippen molar-refractivity contribution in [3.05, 3.63) is 76.3 Å². The van der Waals surface area contributed by atoms with Crippen LogP contribution in [0.25, 0.3) is 16.5 Å². The number of rotatable bonds is 7. The molecule has 0 atom stereocenters. The standard InChI is InChI=1S/C23H20BrNO4S/c1-3-29-23(27)17-14-20(16-7-5-4-6-8-16)30-22(17)25-21(26)12-10-15-9-11-19(28-2)18(24)13-15/h4-14H,3H2,1-2H3,(H,25,26). The highest BCUT2D eigenvalue weighted by atomic mass is 79.9. The monoisotopic (exact) mass is 485 g/mol. The van der Waals surface area contributed by atoms with E-state index in [1.807, 2.05) is 48.5 Å². The Balaban J connectivity index is 1.82. The summed E-state index contributed by atoms with van der Waals surface area (Å²) in [6.07, 6.45) is 3.11. The van der Waals surface area contributed by atoms with Gasteiger partial charge in [0.05, 0.1) is 23.8 Å². The summed E-state index contributed by atoms with van der Waals surface area (Å²) >= 11 is 4.76. The number of methoxy groups -OCH3 is 1. The summed E-state index contributed by atoms with van der Waals surface area (Å²) < 4.78 is 11.1. The molecule has 1 N–H and O–H groups in total. The van der Waals surface area contributed by atoms with Crippen LogP contribution in [0.3, 0.4) is 0 Å². The molecule has 0 aliphatic rings. The fourth-order valence-corrected chi connectivity index (χ4v) is 4.31. The normalized spacial score (nSPS) is 10.8. The predicted octanol–water partition coefficient (Wildman–Crippen LogP) is 6.01. The zero-order valence-electron chi connectivity index (χ0n) is 16.5. The molecular weight excluding hydrogens is 466 g/mol. The van der Waals surface area contributed by atoms with Gasteiger partial charge in [-0.25, -0.2) is 4.79 Å². The van der Waals surface area contributed by atoms with Crippen molar-refractivity contribution >= 4 is 50.2 Å². The number of carbonyl (C=O) groups is 2. The van der Waals surface area contributed by atoms with Gasteiger partial charge < -0.3 is 14.8 Å². The zero-order valence-corrected chi connectivity index (χ0v) is 18.9. The Hall–Kier alpha value is -2.90. The lowest BCUT2D eigenvalue weighted by molar-refractivity contribution is -0.111. The van der Waals surface area contributed by atoms with Crippen LogP contribution in [0.15, 0.2) is 65.1 Å². The van der Waals surface area contributed by atoms with Gasteiger partial charge in [0.2, 0.25) is 5.91 Å². The van der Waals surface area contributed by atoms with E-state index in [0.717, 1.165) is 20.5 Å². The maximum Gasteiger partial charge on any atom is 0.341 e. The minimum atomic E-state index is -0.464. The number of hydrogen-bond donors (Lipinski definition) is 1. The third-order valence-electron chi connectivity index (χ3n) is 4.13. The Morgan fingerprint density at radius 2 is 1.90 bits per heavy atom. The third kappa shape index (κ3) is 5.37. The highest BCUT2D eigenvalue weighted by molar-refractivity contribution is 9.10. The van der Waals surface area contributed by atoms with Gasteiger partial charge in [0.1, 0.15) is 10.8 Å². The summed E-state index contributed by atoms with van der Waals surface area (Å²) in [5.41, 5.74) is 2.14. The summed E-state index contributed by atoms with van der Waals surface area (Å²) in [5.74, 6) is -0.0917. The van der Waals surface area contributed by atoms with Crippen LogP contribution in [-0.4, -0.2) is 25.6 Å². The number of carbonyl (C=O) groups excluding carboxylic acids is 2. The molecule has 3 aromatic rings. The molecule has 1 amide bonds. The van der Waals surface area contributed by atoms with Gasteiger partial charge in [0.15, 0.2) is 0 Å². The molecule has 3 rings (SSSR count). The first-order chi connectivity index (χ1) is 14.5. The van der Waals surface area contributed by atoms with Gasteiger partial charge in [-0.05, 0) is 58.3 Å². The molecule has 30 heavy (non-hydrogen) atoms. The number of amides is 1. The van der Waals surface area contributed by atoms with E-state index in [2.05, 4.69) is 21.2 Å². The molecule has 154 valence electrons. The van der Waals surface area contributed by atoms with E-state index in [9.17, 15) is 9.59 Å². The first-order valence-corrected chi connectivity index (χ1v) is 10.8. The maximum absolute atomic E-state index is 12.5. The summed E-state index contributed by atoms with van der Waals surface area (Å²) in [4.78, 5) is 25.7. The number of anilines is 1. The number of thiophene rings is 1. The molecule has 0 bridgehead atoms. The molecule has 1 heterocycles. The smallest absolute Gasteiger partial charge is 0.341 e. The van der Waals surface area contributed by atoms with Crippen LogP contribution in [0.4, 0.5) is 5.00 Å². The number of benzene rings is 2.